The van der Waals surface area contributed by atoms with Crippen LogP contribution in [0, 0.1) is 5.92 Å². The number of carbonyl (C=O) groups is 1. The third-order valence-electron chi connectivity index (χ3n) is 3.33. The highest BCUT2D eigenvalue weighted by molar-refractivity contribution is 7.91. The summed E-state index contributed by atoms with van der Waals surface area (Å²) >= 11 is 0. The van der Waals surface area contributed by atoms with Crippen LogP contribution in [0.1, 0.15) is 0 Å². The van der Waals surface area contributed by atoms with Crippen molar-refractivity contribution < 1.29 is 26.7 Å². The van der Waals surface area contributed by atoms with Crippen LogP contribution in [0.25, 0.3) is 0 Å². The van der Waals surface area contributed by atoms with Crippen molar-refractivity contribution in [3.63, 3.8) is 0 Å². The minimum Gasteiger partial charge on any atom is -0.481 e. The van der Waals surface area contributed by atoms with E-state index >= 15 is 0 Å². The summed E-state index contributed by atoms with van der Waals surface area (Å²) in [6, 6.07) is 3.85. The third-order valence-corrected chi connectivity index (χ3v) is 5.57. The maximum Gasteiger partial charge on any atom is 0.310 e. The van der Waals surface area contributed by atoms with Crippen molar-refractivity contribution in [2.24, 2.45) is 5.92 Å². The molecule has 7 nitrogen and oxygen atoms in total. The van der Waals surface area contributed by atoms with Crippen LogP contribution >= 0.6 is 0 Å². The number of benzene rings is 1. The summed E-state index contributed by atoms with van der Waals surface area (Å²) in [5, 5.41) is 8.85. The molecule has 0 radical (unpaired) electrons. The fraction of sp³-hybridized carbons (Fsp3) is 0.417. The third kappa shape index (κ3) is 3.18. The summed E-state index contributed by atoms with van der Waals surface area (Å²) in [6.07, 6.45) is 1.99. The van der Waals surface area contributed by atoms with Gasteiger partial charge in [-0.05, 0) is 18.2 Å². The molecule has 1 aromatic rings. The molecule has 0 unspecified atom stereocenters. The molecule has 116 valence electrons. The molecule has 1 saturated heterocycles. The van der Waals surface area contributed by atoms with Crippen LogP contribution in [0.5, 0.6) is 0 Å². The van der Waals surface area contributed by atoms with Crippen molar-refractivity contribution in [1.29, 1.82) is 0 Å². The average Bonchev–Trinajstić information content (AvgIpc) is 2.23. The number of hydrogen-bond acceptors (Lipinski definition) is 6. The highest BCUT2D eigenvalue weighted by Crippen LogP contribution is 2.32. The van der Waals surface area contributed by atoms with E-state index in [4.69, 9.17) is 5.11 Å². The van der Waals surface area contributed by atoms with Crippen molar-refractivity contribution in [2.75, 3.05) is 30.5 Å². The molecule has 0 bridgehead atoms. The average molecular weight is 333 g/mol. The molecule has 0 aromatic heterocycles. The largest absolute Gasteiger partial charge is 0.481 e. The van der Waals surface area contributed by atoms with Crippen LogP contribution in [0.2, 0.25) is 0 Å². The van der Waals surface area contributed by atoms with E-state index < -0.39 is 31.6 Å². The van der Waals surface area contributed by atoms with Gasteiger partial charge in [0, 0.05) is 25.6 Å². The zero-order valence-corrected chi connectivity index (χ0v) is 13.1. The second-order valence-corrected chi connectivity index (χ2v) is 9.11. The van der Waals surface area contributed by atoms with Gasteiger partial charge >= 0.3 is 5.97 Å². The Hall–Kier alpha value is -1.61. The van der Waals surface area contributed by atoms with E-state index in [9.17, 15) is 21.6 Å². The number of anilines is 1. The molecular weight excluding hydrogens is 318 g/mol. The first-order chi connectivity index (χ1) is 9.50. The summed E-state index contributed by atoms with van der Waals surface area (Å²) in [6.45, 7) is 0.409. The number of hydrogen-bond donors (Lipinski definition) is 1. The molecule has 1 aliphatic heterocycles. The monoisotopic (exact) mass is 333 g/mol. The van der Waals surface area contributed by atoms with Gasteiger partial charge in [0.1, 0.15) is 0 Å². The zero-order valence-electron chi connectivity index (χ0n) is 11.5. The Kier molecular flexibility index (Phi) is 3.75. The Labute approximate surface area is 123 Å². The Balaban J connectivity index is 2.46. The van der Waals surface area contributed by atoms with Gasteiger partial charge in [-0.1, -0.05) is 0 Å². The van der Waals surface area contributed by atoms with Crippen LogP contribution in [0.4, 0.5) is 5.69 Å². The predicted molar refractivity (Wildman–Crippen MR) is 76.0 cm³/mol. The van der Waals surface area contributed by atoms with Crippen molar-refractivity contribution >= 4 is 31.3 Å². The van der Waals surface area contributed by atoms with Crippen LogP contribution in [-0.4, -0.2) is 53.5 Å². The van der Waals surface area contributed by atoms with E-state index in [-0.39, 0.29) is 22.9 Å². The first-order valence-corrected chi connectivity index (χ1v) is 9.80. The quantitative estimate of drug-likeness (QED) is 0.827. The number of aliphatic carboxylic acids is 1. The van der Waals surface area contributed by atoms with Gasteiger partial charge in [-0.15, -0.1) is 0 Å². The lowest BCUT2D eigenvalue weighted by molar-refractivity contribution is -0.142. The second kappa shape index (κ2) is 4.99. The lowest BCUT2D eigenvalue weighted by Crippen LogP contribution is -2.50. The molecule has 0 atom stereocenters. The standard InChI is InChI=1S/C12H15NO6S2/c1-20(16,17)9-3-4-10(11(5-9)21(2,18)19)13-6-8(7-13)12(14)15/h3-5,8H,6-7H2,1-2H3,(H,14,15). The van der Waals surface area contributed by atoms with Gasteiger partial charge in [-0.2, -0.15) is 0 Å². The van der Waals surface area contributed by atoms with Crippen molar-refractivity contribution in [3.05, 3.63) is 18.2 Å². The molecule has 0 amide bonds. The molecule has 0 aliphatic carbocycles. The zero-order chi connectivity index (χ0) is 16.0. The Bertz CT molecular complexity index is 791. The van der Waals surface area contributed by atoms with Gasteiger partial charge in [0.05, 0.1) is 21.4 Å². The van der Waals surface area contributed by atoms with Crippen LogP contribution in [0.15, 0.2) is 28.0 Å². The predicted octanol–water partition coefficient (Wildman–Crippen LogP) is 0.0144. The molecule has 0 spiro atoms. The molecule has 9 heteroatoms. The molecule has 0 saturated carbocycles. The minimum atomic E-state index is -3.63. The second-order valence-electron chi connectivity index (χ2n) is 5.11. The fourth-order valence-electron chi connectivity index (χ4n) is 2.11. The van der Waals surface area contributed by atoms with E-state index in [1.807, 2.05) is 0 Å². The highest BCUT2D eigenvalue weighted by Gasteiger charge is 2.35. The first-order valence-electron chi connectivity index (χ1n) is 6.02. The molecular formula is C12H15NO6S2. The lowest BCUT2D eigenvalue weighted by atomic mass is 9.99. The van der Waals surface area contributed by atoms with Gasteiger partial charge in [-0.3, -0.25) is 4.79 Å². The summed E-state index contributed by atoms with van der Waals surface area (Å²) in [7, 11) is -7.15. The number of nitrogens with zero attached hydrogens (tertiary/aromatic N) is 1. The first kappa shape index (κ1) is 15.8. The Morgan fingerprint density at radius 2 is 1.71 bits per heavy atom. The van der Waals surface area contributed by atoms with Crippen LogP contribution in [0.3, 0.4) is 0 Å². The maximum atomic E-state index is 11.9. The smallest absolute Gasteiger partial charge is 0.310 e. The molecule has 21 heavy (non-hydrogen) atoms. The molecule has 1 heterocycles. The van der Waals surface area contributed by atoms with Crippen molar-refractivity contribution in [2.45, 2.75) is 9.79 Å². The fourth-order valence-corrected chi connectivity index (χ4v) is 3.75. The summed E-state index contributed by atoms with van der Waals surface area (Å²) < 4.78 is 46.8. The van der Waals surface area contributed by atoms with Gasteiger partial charge in [0.2, 0.25) is 0 Å². The van der Waals surface area contributed by atoms with Crippen LogP contribution < -0.4 is 4.90 Å². The van der Waals surface area contributed by atoms with E-state index in [0.717, 1.165) is 18.6 Å². The number of carboxylic acids is 1. The topological polar surface area (TPSA) is 109 Å². The van der Waals surface area contributed by atoms with Gasteiger partial charge in [0.15, 0.2) is 19.7 Å². The normalized spacial score (nSPS) is 16.6. The lowest BCUT2D eigenvalue weighted by Gasteiger charge is -2.39. The molecule has 2 rings (SSSR count). The number of sulfone groups is 2. The SMILES string of the molecule is CS(=O)(=O)c1ccc(N2CC(C(=O)O)C2)c(S(C)(=O)=O)c1. The van der Waals surface area contributed by atoms with E-state index in [0.29, 0.717) is 5.69 Å². The molecule has 1 aromatic carbocycles. The van der Waals surface area contributed by atoms with E-state index in [1.54, 1.807) is 4.90 Å². The summed E-state index contributed by atoms with van der Waals surface area (Å²) in [5.41, 5.74) is 0.336. The van der Waals surface area contributed by atoms with E-state index in [1.165, 1.54) is 12.1 Å². The Morgan fingerprint density at radius 1 is 1.14 bits per heavy atom. The highest BCUT2D eigenvalue weighted by atomic mass is 32.2. The number of carboxylic acid groups (broad SMARTS) is 1. The molecule has 1 aliphatic rings. The minimum absolute atomic E-state index is 0.0815. The number of rotatable bonds is 4. The summed E-state index contributed by atoms with van der Waals surface area (Å²) in [5.74, 6) is -1.47. The van der Waals surface area contributed by atoms with Crippen LogP contribution in [-0.2, 0) is 24.5 Å². The Morgan fingerprint density at radius 3 is 2.14 bits per heavy atom. The van der Waals surface area contributed by atoms with E-state index in [2.05, 4.69) is 0 Å². The maximum absolute atomic E-state index is 11.9. The van der Waals surface area contributed by atoms with Gasteiger partial charge in [-0.25, -0.2) is 16.8 Å². The summed E-state index contributed by atoms with van der Waals surface area (Å²) in [4.78, 5) is 12.2. The van der Waals surface area contributed by atoms with Crippen molar-refractivity contribution in [1.82, 2.24) is 0 Å². The van der Waals surface area contributed by atoms with Crippen molar-refractivity contribution in [3.8, 4) is 0 Å². The molecule has 1 N–H and O–H groups in total. The molecule has 1 fully saturated rings. The van der Waals surface area contributed by atoms with Gasteiger partial charge in [0.25, 0.3) is 0 Å². The van der Waals surface area contributed by atoms with Gasteiger partial charge < -0.3 is 10.0 Å².